The molecule has 8 rings (SSSR count). The Balaban J connectivity index is 0.000000213. The van der Waals surface area contributed by atoms with Crippen LogP contribution < -0.4 is 27.0 Å². The van der Waals surface area contributed by atoms with Crippen molar-refractivity contribution in [2.75, 3.05) is 49.0 Å². The highest BCUT2D eigenvalue weighted by atomic mass is 32.2. The van der Waals surface area contributed by atoms with Crippen molar-refractivity contribution in [1.29, 1.82) is 0 Å². The zero-order valence-corrected chi connectivity index (χ0v) is 52.5. The molecule has 0 unspecified atom stereocenters. The lowest BCUT2D eigenvalue weighted by Gasteiger charge is -2.36. The summed E-state index contributed by atoms with van der Waals surface area (Å²) in [5, 5.41) is 10.6. The number of nitrogens with zero attached hydrogens (tertiary/aromatic N) is 8. The maximum absolute atomic E-state index is 14.9. The molecular weight excluding hydrogens is 1220 g/mol. The number of sulfonamides is 3. The second kappa shape index (κ2) is 26.1. The summed E-state index contributed by atoms with van der Waals surface area (Å²) in [4.78, 5) is 56.0. The van der Waals surface area contributed by atoms with Crippen LogP contribution in [0.4, 0.5) is 43.2 Å². The fraction of sp³-hybridized carbons (Fsp3) is 0.393. The summed E-state index contributed by atoms with van der Waals surface area (Å²) < 4.78 is 158. The number of amides is 2. The van der Waals surface area contributed by atoms with E-state index in [1.54, 1.807) is 53.7 Å². The maximum Gasteiger partial charge on any atom is 0.414 e. The summed E-state index contributed by atoms with van der Waals surface area (Å²) in [6.45, 7) is 14.9. The number of hydrogen-bond acceptors (Lipinski definition) is 19. The van der Waals surface area contributed by atoms with Crippen LogP contribution in [0.15, 0.2) is 106 Å². The van der Waals surface area contributed by atoms with Gasteiger partial charge in [-0.2, -0.15) is 0 Å². The largest absolute Gasteiger partial charge is 0.444 e. The maximum atomic E-state index is 14.9. The lowest BCUT2D eigenvalue weighted by Crippen LogP contribution is -2.54. The predicted octanol–water partition coefficient (Wildman–Crippen LogP) is 7.13. The lowest BCUT2D eigenvalue weighted by molar-refractivity contribution is 0.0546. The second-order valence-corrected chi connectivity index (χ2v) is 29.0. The average Bonchev–Trinajstić information content (AvgIpc) is 1.25. The Hall–Kier alpha value is -8.52. The molecule has 32 heteroatoms. The van der Waals surface area contributed by atoms with E-state index in [0.29, 0.717) is 29.0 Å². The Labute approximate surface area is 507 Å². The number of aliphatic imine (C=N–C) groups is 3. The van der Waals surface area contributed by atoms with E-state index < -0.39 is 116 Å². The lowest BCUT2D eigenvalue weighted by atomic mass is 9.92. The van der Waals surface area contributed by atoms with E-state index in [1.807, 2.05) is 0 Å². The predicted molar refractivity (Wildman–Crippen MR) is 320 cm³/mol. The van der Waals surface area contributed by atoms with Crippen molar-refractivity contribution in [3.8, 4) is 0 Å². The van der Waals surface area contributed by atoms with Crippen molar-refractivity contribution in [2.45, 2.75) is 103 Å². The van der Waals surface area contributed by atoms with Gasteiger partial charge in [-0.3, -0.25) is 15.4 Å². The highest BCUT2D eigenvalue weighted by Crippen LogP contribution is 2.37. The zero-order chi connectivity index (χ0) is 65.8. The second-order valence-electron chi connectivity index (χ2n) is 23.0. The Kier molecular flexibility index (Phi) is 20.3. The number of aromatic nitrogens is 2. The van der Waals surface area contributed by atoms with Crippen LogP contribution in [-0.4, -0.2) is 134 Å². The number of halogens is 5. The molecule has 5 heterocycles. The minimum atomic E-state index is -3.94. The van der Waals surface area contributed by atoms with Crippen molar-refractivity contribution in [1.82, 2.24) is 33.5 Å². The number of alkyl carbamates (subject to hydrolysis) is 2. The number of carbonyl (C=O) groups excluding carboxylic acids is 3. The standard InChI is InChI=1S/C22H27F2N5O4S.C17H19F2N5O2S.C17H22FN3O5S/c1-21(2,3)33-20(30)27-19-28-22(4,13-34(31,32)29(19)5)16-10-14(6-8-17(16)24)11-25-18-9-7-15(23)12-26-18;1-17(10-27(25,26)24(2)16(20)23-17)13-7-11(3-5-14(13)19)8-21-15-6-4-12(18)9-22-15;1-16(2,3)26-15(23)19-14-20-17(4,10-27(24,25)21(14)5)12-8-11(9-22)6-7-13(12)18/h6-10,12H,11,13H2,1-5H3,(H,25,26)(H,27,28,30);3-7,9H,8,10H2,1-2H3,(H2,20,23)(H,21,22);6-9H,10H2,1-5H3,(H,19,20,23)/t22-;2*17-/m000/s1. The third-order valence-electron chi connectivity index (χ3n) is 13.2. The molecule has 3 aromatic carbocycles. The van der Waals surface area contributed by atoms with Gasteiger partial charge in [0.2, 0.25) is 47.9 Å². The number of carbonyl (C=O) groups is 3. The van der Waals surface area contributed by atoms with Gasteiger partial charge in [0.05, 0.1) is 29.7 Å². The van der Waals surface area contributed by atoms with Gasteiger partial charge < -0.3 is 25.8 Å². The molecule has 0 aliphatic carbocycles. The van der Waals surface area contributed by atoms with Crippen molar-refractivity contribution in [3.63, 3.8) is 0 Å². The fourth-order valence-corrected chi connectivity index (χ4v) is 13.2. The van der Waals surface area contributed by atoms with E-state index in [1.165, 1.54) is 103 Å². The Morgan fingerprint density at radius 3 is 1.25 bits per heavy atom. The molecule has 0 saturated carbocycles. The normalized spacial score (nSPS) is 21.1. The topological polar surface area (TPSA) is 319 Å². The van der Waals surface area contributed by atoms with Gasteiger partial charge in [0.25, 0.3) is 0 Å². The van der Waals surface area contributed by atoms with Crippen LogP contribution in [0.2, 0.25) is 0 Å². The summed E-state index contributed by atoms with van der Waals surface area (Å²) in [5.41, 5.74) is 1.30. The van der Waals surface area contributed by atoms with E-state index in [2.05, 4.69) is 46.2 Å². The van der Waals surface area contributed by atoms with Gasteiger partial charge in [0.1, 0.15) is 74.8 Å². The van der Waals surface area contributed by atoms with E-state index in [4.69, 9.17) is 15.2 Å². The molecule has 88 heavy (non-hydrogen) atoms. The number of rotatable bonds is 10. The monoisotopic (exact) mass is 1290 g/mol. The molecule has 6 N–H and O–H groups in total. The first kappa shape index (κ1) is 68.6. The van der Waals surface area contributed by atoms with Crippen LogP contribution in [0, 0.1) is 29.1 Å². The smallest absolute Gasteiger partial charge is 0.414 e. The number of benzene rings is 3. The van der Waals surface area contributed by atoms with Crippen LogP contribution in [-0.2, 0) is 69.2 Å². The van der Waals surface area contributed by atoms with Gasteiger partial charge in [-0.1, -0.05) is 12.1 Å². The van der Waals surface area contributed by atoms with E-state index in [9.17, 15) is 61.6 Å². The molecule has 24 nitrogen and oxygen atoms in total. The van der Waals surface area contributed by atoms with E-state index in [0.717, 1.165) is 31.4 Å². The number of hydrogen-bond donors (Lipinski definition) is 5. The Morgan fingerprint density at radius 2 is 0.909 bits per heavy atom. The van der Waals surface area contributed by atoms with Crippen LogP contribution in [0.3, 0.4) is 0 Å². The molecule has 3 aliphatic rings. The van der Waals surface area contributed by atoms with E-state index >= 15 is 0 Å². The molecule has 0 saturated heterocycles. The van der Waals surface area contributed by atoms with E-state index in [-0.39, 0.29) is 53.2 Å². The zero-order valence-electron chi connectivity index (χ0n) is 50.0. The van der Waals surface area contributed by atoms with Gasteiger partial charge in [-0.25, -0.2) is 94.7 Å². The third-order valence-corrected chi connectivity index (χ3v) is 19.0. The highest BCUT2D eigenvalue weighted by molar-refractivity contribution is 7.90. The number of nitrogens with two attached hydrogens (primary N) is 1. The molecule has 5 aromatic rings. The van der Waals surface area contributed by atoms with Crippen LogP contribution in [0.5, 0.6) is 0 Å². The third kappa shape index (κ3) is 17.4. The Morgan fingerprint density at radius 1 is 0.557 bits per heavy atom. The van der Waals surface area contributed by atoms with Gasteiger partial charge in [0.15, 0.2) is 0 Å². The number of anilines is 2. The fourth-order valence-electron chi connectivity index (χ4n) is 8.77. The van der Waals surface area contributed by atoms with Gasteiger partial charge in [0, 0.05) is 56.5 Å². The molecule has 3 atom stereocenters. The van der Waals surface area contributed by atoms with Gasteiger partial charge in [-0.15, -0.1) is 0 Å². The minimum Gasteiger partial charge on any atom is -0.444 e. The van der Waals surface area contributed by atoms with Crippen LogP contribution in [0.1, 0.15) is 100 Å². The summed E-state index contributed by atoms with van der Waals surface area (Å²) >= 11 is 0. The first-order valence-corrected chi connectivity index (χ1v) is 31.4. The minimum absolute atomic E-state index is 0.0408. The van der Waals surface area contributed by atoms with Gasteiger partial charge in [-0.05, 0) is 140 Å². The summed E-state index contributed by atoms with van der Waals surface area (Å²) in [7, 11) is -7.78. The molecular formula is C56H68F5N13O11S3. The van der Waals surface area contributed by atoms with Crippen LogP contribution in [0.25, 0.3) is 0 Å². The van der Waals surface area contributed by atoms with Crippen molar-refractivity contribution in [2.24, 2.45) is 20.7 Å². The average molecular weight is 1290 g/mol. The van der Waals surface area contributed by atoms with Crippen molar-refractivity contribution in [3.05, 3.63) is 154 Å². The van der Waals surface area contributed by atoms with Crippen molar-refractivity contribution >= 4 is 78.1 Å². The molecule has 2 amide bonds. The Bertz CT molecular complexity index is 3910. The number of aldehydes is 1. The summed E-state index contributed by atoms with van der Waals surface area (Å²) in [5.74, 6) is -4.18. The molecule has 476 valence electrons. The summed E-state index contributed by atoms with van der Waals surface area (Å²) in [6.07, 6.45) is 0.897. The molecule has 3 aliphatic heterocycles. The number of pyridine rings is 2. The molecule has 0 fully saturated rings. The number of guanidine groups is 3. The first-order chi connectivity index (χ1) is 40.6. The molecule has 0 radical (unpaired) electrons. The van der Waals surface area contributed by atoms with Crippen LogP contribution >= 0.6 is 0 Å². The van der Waals surface area contributed by atoms with Gasteiger partial charge >= 0.3 is 12.2 Å². The molecule has 2 aromatic heterocycles. The molecule has 0 spiro atoms. The quantitative estimate of drug-likeness (QED) is 0.0686. The number of ether oxygens (including phenoxy) is 2. The van der Waals surface area contributed by atoms with Crippen molar-refractivity contribution < 1.29 is 71.1 Å². The first-order valence-electron chi connectivity index (χ1n) is 26.6. The SMILES string of the molecule is CN1C(N)=N[C@](C)(c2cc(CNc3ccc(F)cn3)ccc2F)CS1(=O)=O.CN1C(NC(=O)OC(C)(C)C)=N[C@](C)(c2cc(C=O)ccc2F)CS1(=O)=O.CN1C(NC(=O)OC(C)(C)C)=N[C@](C)(c2cc(CNc3ccc(F)cn3)ccc2F)CS1(=O)=O. The molecule has 0 bridgehead atoms. The highest BCUT2D eigenvalue weighted by Gasteiger charge is 2.46. The summed E-state index contributed by atoms with van der Waals surface area (Å²) in [6, 6.07) is 17.7. The number of nitrogens with one attached hydrogen (secondary N) is 4.